The first-order valence-corrected chi connectivity index (χ1v) is 5.60. The smallest absolute Gasteiger partial charge is 0.335 e. The molecule has 0 unspecified atom stereocenters. The largest absolute Gasteiger partial charge is 0.478 e. The van der Waals surface area contributed by atoms with Crippen LogP contribution in [0.25, 0.3) is 0 Å². The van der Waals surface area contributed by atoms with Gasteiger partial charge in [-0.15, -0.1) is 11.8 Å². The van der Waals surface area contributed by atoms with E-state index in [2.05, 4.69) is 6.92 Å². The van der Waals surface area contributed by atoms with Gasteiger partial charge in [-0.05, 0) is 42.9 Å². The van der Waals surface area contributed by atoms with Crippen molar-refractivity contribution in [2.75, 3.05) is 5.75 Å². The minimum atomic E-state index is -0.852. The average Bonchev–Trinajstić information content (AvgIpc) is 2.14. The molecule has 0 saturated carbocycles. The second kappa shape index (κ2) is 5.05. The third-order valence-electron chi connectivity index (χ3n) is 1.90. The molecule has 0 bridgehead atoms. The summed E-state index contributed by atoms with van der Waals surface area (Å²) in [7, 11) is 0. The number of rotatable bonds is 4. The average molecular weight is 210 g/mol. The van der Waals surface area contributed by atoms with Gasteiger partial charge in [-0.3, -0.25) is 0 Å². The van der Waals surface area contributed by atoms with Gasteiger partial charge in [0.2, 0.25) is 0 Å². The molecule has 1 aromatic rings. The highest BCUT2D eigenvalue weighted by molar-refractivity contribution is 7.99. The van der Waals surface area contributed by atoms with E-state index >= 15 is 0 Å². The van der Waals surface area contributed by atoms with E-state index in [1.165, 1.54) is 0 Å². The lowest BCUT2D eigenvalue weighted by atomic mass is 10.1. The zero-order valence-electron chi connectivity index (χ0n) is 8.41. The van der Waals surface area contributed by atoms with Gasteiger partial charge >= 0.3 is 5.97 Å². The molecule has 0 aromatic heterocycles. The zero-order valence-corrected chi connectivity index (χ0v) is 9.23. The highest BCUT2D eigenvalue weighted by Crippen LogP contribution is 2.21. The molecule has 0 amide bonds. The number of hydrogen-bond donors (Lipinski definition) is 1. The van der Waals surface area contributed by atoms with Crippen molar-refractivity contribution >= 4 is 17.7 Å². The maximum Gasteiger partial charge on any atom is 0.335 e. The first-order chi connectivity index (χ1) is 6.65. The molecule has 3 heteroatoms. The van der Waals surface area contributed by atoms with Crippen LogP contribution >= 0.6 is 11.8 Å². The number of benzene rings is 1. The molecule has 0 spiro atoms. The number of carboxylic acid groups (broad SMARTS) is 1. The van der Waals surface area contributed by atoms with Crippen LogP contribution in [0.5, 0.6) is 0 Å². The van der Waals surface area contributed by atoms with Crippen LogP contribution in [0.4, 0.5) is 0 Å². The Labute approximate surface area is 88.3 Å². The summed E-state index contributed by atoms with van der Waals surface area (Å²) in [5.41, 5.74) is 1.23. The predicted octanol–water partition coefficient (Wildman–Crippen LogP) is 3.20. The molecule has 1 aromatic carbocycles. The van der Waals surface area contributed by atoms with Crippen molar-refractivity contribution in [1.29, 1.82) is 0 Å². The van der Waals surface area contributed by atoms with Crippen molar-refractivity contribution in [3.05, 3.63) is 29.3 Å². The van der Waals surface area contributed by atoms with Crippen molar-refractivity contribution < 1.29 is 9.90 Å². The lowest BCUT2D eigenvalue weighted by Crippen LogP contribution is -1.99. The van der Waals surface area contributed by atoms with E-state index in [4.69, 9.17) is 5.11 Å². The number of aromatic carboxylic acids is 1. The van der Waals surface area contributed by atoms with Gasteiger partial charge < -0.3 is 5.11 Å². The van der Waals surface area contributed by atoms with Crippen LogP contribution in [0.2, 0.25) is 0 Å². The molecule has 76 valence electrons. The lowest BCUT2D eigenvalue weighted by Gasteiger charge is -2.04. The summed E-state index contributed by atoms with van der Waals surface area (Å²) in [4.78, 5) is 11.9. The van der Waals surface area contributed by atoms with E-state index < -0.39 is 5.97 Å². The van der Waals surface area contributed by atoms with E-state index in [-0.39, 0.29) is 0 Å². The summed E-state index contributed by atoms with van der Waals surface area (Å²) >= 11 is 1.76. The molecule has 14 heavy (non-hydrogen) atoms. The Bertz CT molecular complexity index is 334. The van der Waals surface area contributed by atoms with Crippen molar-refractivity contribution in [2.45, 2.75) is 25.2 Å². The van der Waals surface area contributed by atoms with Crippen LogP contribution < -0.4 is 0 Å². The van der Waals surface area contributed by atoms with Crippen molar-refractivity contribution in [1.82, 2.24) is 0 Å². The van der Waals surface area contributed by atoms with Crippen molar-refractivity contribution in [3.63, 3.8) is 0 Å². The molecule has 0 atom stereocenters. The van der Waals surface area contributed by atoms with Crippen LogP contribution in [0.3, 0.4) is 0 Å². The first-order valence-electron chi connectivity index (χ1n) is 4.62. The van der Waals surface area contributed by atoms with E-state index in [0.717, 1.165) is 22.6 Å². The number of thioether (sulfide) groups is 1. The van der Waals surface area contributed by atoms with Gasteiger partial charge in [0.05, 0.1) is 5.56 Å². The first kappa shape index (κ1) is 11.1. The molecule has 0 fully saturated rings. The van der Waals surface area contributed by atoms with Gasteiger partial charge in [0.15, 0.2) is 0 Å². The Morgan fingerprint density at radius 2 is 2.21 bits per heavy atom. The van der Waals surface area contributed by atoms with Crippen molar-refractivity contribution in [2.24, 2.45) is 0 Å². The molecular weight excluding hydrogens is 196 g/mol. The van der Waals surface area contributed by atoms with Crippen LogP contribution in [-0.4, -0.2) is 16.8 Å². The monoisotopic (exact) mass is 210 g/mol. The topological polar surface area (TPSA) is 37.3 Å². The van der Waals surface area contributed by atoms with Crippen LogP contribution in [0.15, 0.2) is 23.1 Å². The number of carbonyl (C=O) groups is 1. The van der Waals surface area contributed by atoms with Crippen LogP contribution in [-0.2, 0) is 0 Å². The maximum absolute atomic E-state index is 10.7. The Hall–Kier alpha value is -0.960. The van der Waals surface area contributed by atoms with Gasteiger partial charge in [0.1, 0.15) is 0 Å². The fourth-order valence-electron chi connectivity index (χ4n) is 1.19. The second-order valence-corrected chi connectivity index (χ2v) is 4.30. The molecule has 2 nitrogen and oxygen atoms in total. The number of aryl methyl sites for hydroxylation is 1. The van der Waals surface area contributed by atoms with Gasteiger partial charge in [0.25, 0.3) is 0 Å². The molecule has 0 radical (unpaired) electrons. The van der Waals surface area contributed by atoms with Crippen LogP contribution in [0.1, 0.15) is 29.3 Å². The summed E-state index contributed by atoms with van der Waals surface area (Å²) in [5.74, 6) is 0.223. The highest BCUT2D eigenvalue weighted by atomic mass is 32.2. The van der Waals surface area contributed by atoms with Crippen LogP contribution in [0, 0.1) is 6.92 Å². The van der Waals surface area contributed by atoms with Gasteiger partial charge in [-0.1, -0.05) is 6.92 Å². The van der Waals surface area contributed by atoms with Crippen molar-refractivity contribution in [3.8, 4) is 0 Å². The lowest BCUT2D eigenvalue weighted by molar-refractivity contribution is 0.0696. The number of carboxylic acids is 1. The third-order valence-corrected chi connectivity index (χ3v) is 3.10. The summed E-state index contributed by atoms with van der Waals surface area (Å²) in [6.07, 6.45) is 1.13. The van der Waals surface area contributed by atoms with E-state index in [9.17, 15) is 4.79 Å². The molecule has 0 saturated heterocycles. The van der Waals surface area contributed by atoms with E-state index in [0.29, 0.717) is 5.56 Å². The normalized spacial score (nSPS) is 10.1. The van der Waals surface area contributed by atoms with Gasteiger partial charge in [-0.2, -0.15) is 0 Å². The molecular formula is C11H14O2S. The second-order valence-electron chi connectivity index (χ2n) is 3.13. The van der Waals surface area contributed by atoms with Gasteiger partial charge in [-0.25, -0.2) is 4.79 Å². The molecule has 1 N–H and O–H groups in total. The summed E-state index contributed by atoms with van der Waals surface area (Å²) in [6, 6.07) is 5.48. The molecule has 0 aliphatic rings. The quantitative estimate of drug-likeness (QED) is 0.775. The minimum Gasteiger partial charge on any atom is -0.478 e. The zero-order chi connectivity index (χ0) is 10.6. The Morgan fingerprint density at radius 1 is 1.50 bits per heavy atom. The predicted molar refractivity (Wildman–Crippen MR) is 59.2 cm³/mol. The molecule has 0 aliphatic heterocycles. The summed E-state index contributed by atoms with van der Waals surface area (Å²) < 4.78 is 0. The maximum atomic E-state index is 10.7. The van der Waals surface area contributed by atoms with E-state index in [1.807, 2.05) is 19.1 Å². The third kappa shape index (κ3) is 2.77. The fourth-order valence-corrected chi connectivity index (χ4v) is 2.05. The summed E-state index contributed by atoms with van der Waals surface area (Å²) in [5, 5.41) is 8.83. The Kier molecular flexibility index (Phi) is 4.01. The SMILES string of the molecule is CCCSc1ccc(C(=O)O)c(C)c1. The molecule has 0 heterocycles. The minimum absolute atomic E-state index is 0.394. The fraction of sp³-hybridized carbons (Fsp3) is 0.364. The standard InChI is InChI=1S/C11H14O2S/c1-3-6-14-9-4-5-10(11(12)13)8(2)7-9/h4-5,7H,3,6H2,1-2H3,(H,12,13). The highest BCUT2D eigenvalue weighted by Gasteiger charge is 2.06. The molecule has 0 aliphatic carbocycles. The van der Waals surface area contributed by atoms with Gasteiger partial charge in [0, 0.05) is 4.90 Å². The Balaban J connectivity index is 2.83. The Morgan fingerprint density at radius 3 is 2.71 bits per heavy atom. The van der Waals surface area contributed by atoms with E-state index in [1.54, 1.807) is 17.8 Å². The number of hydrogen-bond acceptors (Lipinski definition) is 2. The molecule has 1 rings (SSSR count). The summed E-state index contributed by atoms with van der Waals surface area (Å²) in [6.45, 7) is 3.96.